The molecule has 0 radical (unpaired) electrons. The van der Waals surface area contributed by atoms with Gasteiger partial charge in [-0.25, -0.2) is 0 Å². The van der Waals surface area contributed by atoms with Gasteiger partial charge in [-0.2, -0.15) is 0 Å². The van der Waals surface area contributed by atoms with Crippen molar-refractivity contribution < 1.29 is 13.3 Å². The van der Waals surface area contributed by atoms with Crippen molar-refractivity contribution >= 4 is 48.6 Å². The van der Waals surface area contributed by atoms with Crippen molar-refractivity contribution in [3.05, 3.63) is 24.3 Å². The van der Waals surface area contributed by atoms with E-state index < -0.39 is 0 Å². The number of benzene rings is 1. The predicted octanol–water partition coefficient (Wildman–Crippen LogP) is 1.09. The van der Waals surface area contributed by atoms with Crippen molar-refractivity contribution in [3.8, 4) is 0 Å². The molecule has 0 atom stereocenters. The Labute approximate surface area is 128 Å². The van der Waals surface area contributed by atoms with Gasteiger partial charge in [-0.15, -0.1) is 0 Å². The van der Waals surface area contributed by atoms with Gasteiger partial charge < -0.3 is 9.80 Å². The summed E-state index contributed by atoms with van der Waals surface area (Å²) in [6.07, 6.45) is 0. The SMILES string of the molecule is CCN1CN(CC)c2ccccc21.I[I-]I. The Hall–Kier alpha value is 1.01. The number of hydrogen-bond donors (Lipinski definition) is 0. The van der Waals surface area contributed by atoms with Crippen molar-refractivity contribution in [1.29, 1.82) is 0 Å². The maximum absolute atomic E-state index is 2.40. The number of hydrogen-bond acceptors (Lipinski definition) is 2. The van der Waals surface area contributed by atoms with Crippen LogP contribution in [0.15, 0.2) is 24.3 Å². The van der Waals surface area contributed by atoms with Gasteiger partial charge in [0.15, 0.2) is 0 Å². The third-order valence-corrected chi connectivity index (χ3v) is 2.67. The van der Waals surface area contributed by atoms with E-state index in [4.69, 9.17) is 0 Å². The number of rotatable bonds is 2. The standard InChI is InChI=1S/C11H16N2.I3/c1-3-12-9-13(4-2)11-8-6-5-7-10(11)12;1-3-2/h5-8H,3-4,9H2,1-2H3;/q;-1. The first-order valence-electron chi connectivity index (χ1n) is 5.24. The Morgan fingerprint density at radius 2 is 1.44 bits per heavy atom. The third kappa shape index (κ3) is 3.76. The van der Waals surface area contributed by atoms with Crippen LogP contribution in [0.2, 0.25) is 0 Å². The van der Waals surface area contributed by atoms with Crippen molar-refractivity contribution in [1.82, 2.24) is 0 Å². The molecule has 92 valence electrons. The number of nitrogens with zero attached hydrogens (tertiary/aromatic N) is 2. The van der Waals surface area contributed by atoms with E-state index in [1.54, 1.807) is 0 Å². The van der Waals surface area contributed by atoms with Crippen LogP contribution >= 0.6 is 37.2 Å². The van der Waals surface area contributed by atoms with Crippen LogP contribution in [0.4, 0.5) is 11.4 Å². The van der Waals surface area contributed by atoms with E-state index in [9.17, 15) is 0 Å². The second-order valence-corrected chi connectivity index (χ2v) is 19.6. The van der Waals surface area contributed by atoms with Crippen molar-refractivity contribution in [2.75, 3.05) is 29.6 Å². The molecule has 0 amide bonds. The van der Waals surface area contributed by atoms with E-state index in [1.807, 2.05) is 0 Å². The van der Waals surface area contributed by atoms with Gasteiger partial charge in [0.05, 0.1) is 18.0 Å². The summed E-state index contributed by atoms with van der Waals surface area (Å²) < 4.78 is 0. The molecule has 1 aromatic rings. The zero-order valence-electron chi connectivity index (χ0n) is 9.46. The predicted molar refractivity (Wildman–Crippen MR) is 85.4 cm³/mol. The second-order valence-electron chi connectivity index (χ2n) is 3.40. The van der Waals surface area contributed by atoms with Crippen LogP contribution < -0.4 is 23.1 Å². The minimum absolute atomic E-state index is 0.530. The van der Waals surface area contributed by atoms with Crippen LogP contribution in [0.1, 0.15) is 13.8 Å². The molecule has 2 nitrogen and oxygen atoms in total. The molecule has 2 rings (SSSR count). The third-order valence-electron chi connectivity index (χ3n) is 2.67. The van der Waals surface area contributed by atoms with E-state index in [-0.39, 0.29) is 0 Å². The molecule has 0 aliphatic carbocycles. The molecule has 0 bridgehead atoms. The Kier molecular flexibility index (Phi) is 7.70. The van der Waals surface area contributed by atoms with Gasteiger partial charge in [0, 0.05) is 13.1 Å². The molecule has 0 saturated heterocycles. The Morgan fingerprint density at radius 3 is 1.75 bits per heavy atom. The molecule has 0 fully saturated rings. The van der Waals surface area contributed by atoms with Crippen LogP contribution in [0, 0.1) is 0 Å². The van der Waals surface area contributed by atoms with Crippen molar-refractivity contribution in [2.24, 2.45) is 0 Å². The van der Waals surface area contributed by atoms with Gasteiger partial charge in [0.25, 0.3) is 0 Å². The van der Waals surface area contributed by atoms with Gasteiger partial charge in [-0.05, 0) is 26.0 Å². The fourth-order valence-electron chi connectivity index (χ4n) is 1.90. The molecule has 1 aromatic carbocycles. The Balaban J connectivity index is 0.000000386. The van der Waals surface area contributed by atoms with Gasteiger partial charge in [0.2, 0.25) is 0 Å². The molecule has 0 unspecified atom stereocenters. The summed E-state index contributed by atoms with van der Waals surface area (Å²) in [6.45, 7) is 7.64. The van der Waals surface area contributed by atoms with Gasteiger partial charge >= 0.3 is 50.5 Å². The molecular weight excluding hydrogens is 541 g/mol. The summed E-state index contributed by atoms with van der Waals surface area (Å²) >= 11 is 5.30. The second kappa shape index (κ2) is 8.17. The number of halogens is 3. The summed E-state index contributed by atoms with van der Waals surface area (Å²) in [5.41, 5.74) is 2.76. The molecule has 0 aromatic heterocycles. The van der Waals surface area contributed by atoms with Crippen molar-refractivity contribution in [3.63, 3.8) is 0 Å². The average Bonchev–Trinajstić information content (AvgIpc) is 2.68. The quantitative estimate of drug-likeness (QED) is 0.504. The van der Waals surface area contributed by atoms with Crippen LogP contribution in [-0.4, -0.2) is 19.8 Å². The number of anilines is 2. The monoisotopic (exact) mass is 557 g/mol. The normalized spacial score (nSPS) is 13.5. The summed E-state index contributed by atoms with van der Waals surface area (Å²) in [4.78, 5) is 4.80. The van der Waals surface area contributed by atoms with Crippen LogP contribution in [-0.2, 0) is 0 Å². The first kappa shape index (κ1) is 15.1. The topological polar surface area (TPSA) is 6.48 Å². The fourth-order valence-corrected chi connectivity index (χ4v) is 1.90. The molecule has 1 heterocycles. The van der Waals surface area contributed by atoms with Gasteiger partial charge in [0.1, 0.15) is 0 Å². The van der Waals surface area contributed by atoms with Crippen molar-refractivity contribution in [2.45, 2.75) is 13.8 Å². The minimum atomic E-state index is 0.530. The van der Waals surface area contributed by atoms with E-state index >= 15 is 0 Å². The maximum atomic E-state index is 2.40. The molecule has 5 heteroatoms. The van der Waals surface area contributed by atoms with E-state index in [2.05, 4.69) is 85.1 Å². The van der Waals surface area contributed by atoms with Crippen LogP contribution in [0.3, 0.4) is 0 Å². The number of para-hydroxylation sites is 2. The van der Waals surface area contributed by atoms with E-state index in [0.29, 0.717) is 13.3 Å². The summed E-state index contributed by atoms with van der Waals surface area (Å²) in [7, 11) is 0. The molecular formula is C11H16I3N2-. The fraction of sp³-hybridized carbons (Fsp3) is 0.455. The molecule has 1 aliphatic heterocycles. The zero-order valence-corrected chi connectivity index (χ0v) is 15.9. The zero-order chi connectivity index (χ0) is 12.0. The summed E-state index contributed by atoms with van der Waals surface area (Å²) in [5.74, 6) is 0. The van der Waals surface area contributed by atoms with Crippen LogP contribution in [0.25, 0.3) is 0 Å². The van der Waals surface area contributed by atoms with Crippen LogP contribution in [0.5, 0.6) is 0 Å². The average molecular weight is 557 g/mol. The van der Waals surface area contributed by atoms with Gasteiger partial charge in [-0.3, -0.25) is 0 Å². The molecule has 0 N–H and O–H groups in total. The Bertz CT molecular complexity index is 291. The molecule has 1 aliphatic rings. The molecule has 0 saturated carbocycles. The first-order chi connectivity index (χ1) is 7.78. The van der Waals surface area contributed by atoms with E-state index in [0.717, 1.165) is 19.8 Å². The molecule has 16 heavy (non-hydrogen) atoms. The van der Waals surface area contributed by atoms with E-state index in [1.165, 1.54) is 11.4 Å². The summed E-state index contributed by atoms with van der Waals surface area (Å²) in [5, 5.41) is 0. The number of fused-ring (bicyclic) bond motifs is 1. The first-order valence-corrected chi connectivity index (χ1v) is 17.8. The van der Waals surface area contributed by atoms with Gasteiger partial charge in [-0.1, -0.05) is 12.1 Å². The summed E-state index contributed by atoms with van der Waals surface area (Å²) in [6, 6.07) is 8.63. The molecule has 0 spiro atoms. The Morgan fingerprint density at radius 1 is 1.06 bits per heavy atom.